The van der Waals surface area contributed by atoms with Gasteiger partial charge in [-0.25, -0.2) is 4.98 Å². The summed E-state index contributed by atoms with van der Waals surface area (Å²) in [5.41, 5.74) is 1.13. The van der Waals surface area contributed by atoms with E-state index in [1.54, 1.807) is 12.1 Å². The van der Waals surface area contributed by atoms with E-state index in [9.17, 15) is 18.0 Å². The largest absolute Gasteiger partial charge is 0.453 e. The Morgan fingerprint density at radius 3 is 2.77 bits per heavy atom. The Hall–Kier alpha value is -2.45. The average molecular weight is 313 g/mol. The van der Waals surface area contributed by atoms with E-state index >= 15 is 0 Å². The van der Waals surface area contributed by atoms with E-state index in [2.05, 4.69) is 25.5 Å². The molecule has 1 amide bonds. The molecule has 2 heterocycles. The molecule has 0 bridgehead atoms. The average Bonchev–Trinajstić information content (AvgIpc) is 2.97. The van der Waals surface area contributed by atoms with Crippen molar-refractivity contribution in [1.29, 1.82) is 0 Å². The minimum atomic E-state index is -4.63. The Balaban J connectivity index is 2.09. The molecule has 22 heavy (non-hydrogen) atoms. The Morgan fingerprint density at radius 2 is 2.18 bits per heavy atom. The SMILES string of the molecule is CCc1ccnc(C(=O)NC(C)c2nc(C(F)(F)F)n[nH]2)c1. The van der Waals surface area contributed by atoms with Gasteiger partial charge >= 0.3 is 6.18 Å². The van der Waals surface area contributed by atoms with Crippen molar-refractivity contribution in [2.45, 2.75) is 32.5 Å². The number of pyridine rings is 1. The van der Waals surface area contributed by atoms with Gasteiger partial charge in [0.2, 0.25) is 0 Å². The summed E-state index contributed by atoms with van der Waals surface area (Å²) in [4.78, 5) is 19.3. The van der Waals surface area contributed by atoms with Crippen LogP contribution < -0.4 is 5.32 Å². The first kappa shape index (κ1) is 15.9. The van der Waals surface area contributed by atoms with Gasteiger partial charge in [-0.3, -0.25) is 14.9 Å². The summed E-state index contributed by atoms with van der Waals surface area (Å²) in [6.07, 6.45) is -2.38. The van der Waals surface area contributed by atoms with Gasteiger partial charge in [0.15, 0.2) is 0 Å². The monoisotopic (exact) mass is 313 g/mol. The maximum absolute atomic E-state index is 12.4. The number of nitrogens with one attached hydrogen (secondary N) is 2. The van der Waals surface area contributed by atoms with Crippen molar-refractivity contribution in [3.05, 3.63) is 41.2 Å². The molecule has 0 aliphatic carbocycles. The highest BCUT2D eigenvalue weighted by atomic mass is 19.4. The molecule has 6 nitrogen and oxygen atoms in total. The van der Waals surface area contributed by atoms with Crippen molar-refractivity contribution in [2.24, 2.45) is 0 Å². The number of aromatic amines is 1. The maximum Gasteiger partial charge on any atom is 0.453 e. The number of hydrogen-bond acceptors (Lipinski definition) is 4. The van der Waals surface area contributed by atoms with E-state index in [-0.39, 0.29) is 11.5 Å². The molecular weight excluding hydrogens is 299 g/mol. The Labute approximate surface area is 124 Å². The minimum absolute atomic E-state index is 0.0766. The number of carbonyl (C=O) groups excluding carboxylic acids is 1. The molecule has 0 radical (unpaired) electrons. The molecule has 0 fully saturated rings. The van der Waals surface area contributed by atoms with Gasteiger partial charge in [-0.1, -0.05) is 6.92 Å². The quantitative estimate of drug-likeness (QED) is 0.907. The zero-order valence-electron chi connectivity index (χ0n) is 11.9. The molecule has 2 aromatic rings. The molecule has 0 saturated carbocycles. The molecule has 0 spiro atoms. The van der Waals surface area contributed by atoms with E-state index in [4.69, 9.17) is 0 Å². The first-order valence-corrected chi connectivity index (χ1v) is 6.56. The maximum atomic E-state index is 12.4. The second kappa shape index (κ2) is 6.12. The van der Waals surface area contributed by atoms with Gasteiger partial charge in [0, 0.05) is 6.20 Å². The van der Waals surface area contributed by atoms with E-state index in [1.807, 2.05) is 6.92 Å². The third-order valence-corrected chi connectivity index (χ3v) is 2.98. The van der Waals surface area contributed by atoms with Gasteiger partial charge in [-0.05, 0) is 31.0 Å². The molecule has 0 aliphatic rings. The summed E-state index contributed by atoms with van der Waals surface area (Å²) < 4.78 is 37.3. The smallest absolute Gasteiger partial charge is 0.341 e. The first-order chi connectivity index (χ1) is 10.3. The van der Waals surface area contributed by atoms with Gasteiger partial charge in [-0.2, -0.15) is 13.2 Å². The first-order valence-electron chi connectivity index (χ1n) is 6.56. The molecule has 1 atom stereocenters. The summed E-state index contributed by atoms with van der Waals surface area (Å²) in [5.74, 6) is -1.84. The molecule has 2 aromatic heterocycles. The van der Waals surface area contributed by atoms with E-state index in [1.165, 1.54) is 13.1 Å². The van der Waals surface area contributed by atoms with Gasteiger partial charge in [-0.15, -0.1) is 5.10 Å². The van der Waals surface area contributed by atoms with Crippen LogP contribution in [-0.2, 0) is 12.6 Å². The lowest BCUT2D eigenvalue weighted by molar-refractivity contribution is -0.144. The second-order valence-corrected chi connectivity index (χ2v) is 4.64. The fourth-order valence-electron chi connectivity index (χ4n) is 1.75. The van der Waals surface area contributed by atoms with Crippen LogP contribution in [0.1, 0.15) is 47.6 Å². The minimum Gasteiger partial charge on any atom is -0.341 e. The molecule has 118 valence electrons. The molecule has 1 unspecified atom stereocenters. The van der Waals surface area contributed by atoms with Gasteiger partial charge in [0.05, 0.1) is 6.04 Å². The molecule has 0 aliphatic heterocycles. The summed E-state index contributed by atoms with van der Waals surface area (Å²) in [6.45, 7) is 3.44. The van der Waals surface area contributed by atoms with Crippen LogP contribution in [0.4, 0.5) is 13.2 Å². The third-order valence-electron chi connectivity index (χ3n) is 2.98. The molecule has 2 N–H and O–H groups in total. The number of H-pyrrole nitrogens is 1. The Kier molecular flexibility index (Phi) is 4.43. The fraction of sp³-hybridized carbons (Fsp3) is 0.385. The zero-order valence-corrected chi connectivity index (χ0v) is 11.9. The highest BCUT2D eigenvalue weighted by molar-refractivity contribution is 5.92. The van der Waals surface area contributed by atoms with Crippen LogP contribution in [0.15, 0.2) is 18.3 Å². The third kappa shape index (κ3) is 3.60. The summed E-state index contributed by atoms with van der Waals surface area (Å²) in [7, 11) is 0. The van der Waals surface area contributed by atoms with Gasteiger partial charge in [0.1, 0.15) is 11.5 Å². The predicted octanol–water partition coefficient (Wildman–Crippen LogP) is 2.27. The lowest BCUT2D eigenvalue weighted by Gasteiger charge is -2.11. The Bertz CT molecular complexity index is 668. The summed E-state index contributed by atoms with van der Waals surface area (Å²) in [5, 5.41) is 7.79. The number of halogens is 3. The molecule has 9 heteroatoms. The van der Waals surface area contributed by atoms with Crippen molar-refractivity contribution >= 4 is 5.91 Å². The van der Waals surface area contributed by atoms with Gasteiger partial charge < -0.3 is 5.32 Å². The number of amides is 1. The number of carbonyl (C=O) groups is 1. The molecule has 2 rings (SSSR count). The highest BCUT2D eigenvalue weighted by Gasteiger charge is 2.36. The van der Waals surface area contributed by atoms with Crippen LogP contribution in [0.3, 0.4) is 0 Å². The van der Waals surface area contributed by atoms with Crippen molar-refractivity contribution in [1.82, 2.24) is 25.5 Å². The highest BCUT2D eigenvalue weighted by Crippen LogP contribution is 2.26. The van der Waals surface area contributed by atoms with Crippen LogP contribution in [0.25, 0.3) is 0 Å². The zero-order chi connectivity index (χ0) is 16.3. The number of aryl methyl sites for hydroxylation is 1. The summed E-state index contributed by atoms with van der Waals surface area (Å²) >= 11 is 0. The van der Waals surface area contributed by atoms with Crippen LogP contribution in [0, 0.1) is 0 Å². The van der Waals surface area contributed by atoms with Crippen molar-refractivity contribution in [3.63, 3.8) is 0 Å². The molecule has 0 aromatic carbocycles. The van der Waals surface area contributed by atoms with Crippen LogP contribution in [0.5, 0.6) is 0 Å². The number of hydrogen-bond donors (Lipinski definition) is 2. The van der Waals surface area contributed by atoms with Crippen LogP contribution in [0.2, 0.25) is 0 Å². The van der Waals surface area contributed by atoms with Crippen molar-refractivity contribution in [3.8, 4) is 0 Å². The van der Waals surface area contributed by atoms with Crippen LogP contribution in [-0.4, -0.2) is 26.1 Å². The topological polar surface area (TPSA) is 83.6 Å². The van der Waals surface area contributed by atoms with E-state index in [0.29, 0.717) is 0 Å². The molecular formula is C13H14F3N5O. The standard InChI is InChI=1S/C13H14F3N5O/c1-3-8-4-5-17-9(6-8)11(22)18-7(2)10-19-12(21-20-10)13(14,15)16/h4-7H,3H2,1-2H3,(H,18,22)(H,19,20,21). The molecule has 0 saturated heterocycles. The number of rotatable bonds is 4. The van der Waals surface area contributed by atoms with Crippen molar-refractivity contribution < 1.29 is 18.0 Å². The predicted molar refractivity (Wildman–Crippen MR) is 70.9 cm³/mol. The Morgan fingerprint density at radius 1 is 1.45 bits per heavy atom. The number of aromatic nitrogens is 4. The normalized spacial score (nSPS) is 13.0. The fourth-order valence-corrected chi connectivity index (χ4v) is 1.75. The van der Waals surface area contributed by atoms with Gasteiger partial charge in [0.25, 0.3) is 11.7 Å². The van der Waals surface area contributed by atoms with Crippen LogP contribution >= 0.6 is 0 Å². The lowest BCUT2D eigenvalue weighted by atomic mass is 10.2. The van der Waals surface area contributed by atoms with Crippen molar-refractivity contribution in [2.75, 3.05) is 0 Å². The van der Waals surface area contributed by atoms with E-state index < -0.39 is 23.9 Å². The number of alkyl halides is 3. The number of nitrogens with zero attached hydrogens (tertiary/aromatic N) is 3. The van der Waals surface area contributed by atoms with E-state index in [0.717, 1.165) is 12.0 Å². The lowest BCUT2D eigenvalue weighted by Crippen LogP contribution is -2.28. The summed E-state index contributed by atoms with van der Waals surface area (Å²) in [6, 6.07) is 2.65. The second-order valence-electron chi connectivity index (χ2n) is 4.64.